The van der Waals surface area contributed by atoms with Crippen LogP contribution >= 0.6 is 0 Å². The summed E-state index contributed by atoms with van der Waals surface area (Å²) in [5.74, 6) is 0.864. The zero-order valence-corrected chi connectivity index (χ0v) is 19.6. The largest absolute Gasteiger partial charge is 0.490 e. The van der Waals surface area contributed by atoms with Crippen LogP contribution in [0.1, 0.15) is 18.4 Å². The summed E-state index contributed by atoms with van der Waals surface area (Å²) >= 11 is 0. The number of ether oxygens (including phenoxy) is 2. The van der Waals surface area contributed by atoms with E-state index in [1.54, 1.807) is 12.1 Å². The number of hydrogen-bond acceptors (Lipinski definition) is 7. The lowest BCUT2D eigenvalue weighted by Crippen LogP contribution is -2.49. The number of piperazine rings is 1. The smallest absolute Gasteiger partial charge is 0.410 e. The van der Waals surface area contributed by atoms with Gasteiger partial charge in [-0.25, -0.2) is 4.79 Å². The highest BCUT2D eigenvalue weighted by Crippen LogP contribution is 2.32. The lowest BCUT2D eigenvalue weighted by Gasteiger charge is -2.39. The van der Waals surface area contributed by atoms with Crippen molar-refractivity contribution in [3.63, 3.8) is 0 Å². The van der Waals surface area contributed by atoms with Gasteiger partial charge in [0, 0.05) is 63.6 Å². The monoisotopic (exact) mass is 468 g/mol. The second-order valence-electron chi connectivity index (χ2n) is 8.87. The molecule has 0 bridgehead atoms. The molecule has 2 aliphatic heterocycles. The van der Waals surface area contributed by atoms with E-state index in [2.05, 4.69) is 9.80 Å². The molecule has 2 aromatic rings. The number of amides is 1. The molecule has 0 aliphatic carbocycles. The first-order chi connectivity index (χ1) is 16.5. The molecule has 2 fully saturated rings. The Morgan fingerprint density at radius 2 is 1.74 bits per heavy atom. The quantitative estimate of drug-likeness (QED) is 0.451. The van der Waals surface area contributed by atoms with E-state index in [0.717, 1.165) is 69.9 Å². The molecule has 34 heavy (non-hydrogen) atoms. The average Bonchev–Trinajstić information content (AvgIpc) is 2.88. The average molecular weight is 469 g/mol. The highest BCUT2D eigenvalue weighted by Gasteiger charge is 2.27. The number of nitrogens with zero attached hydrogens (tertiary/aromatic N) is 4. The normalized spacial score (nSPS) is 17.4. The summed E-state index contributed by atoms with van der Waals surface area (Å²) in [5.41, 5.74) is 1.93. The maximum Gasteiger partial charge on any atom is 0.410 e. The van der Waals surface area contributed by atoms with Gasteiger partial charge in [-0.05, 0) is 30.4 Å². The number of methoxy groups -OCH3 is 1. The molecular formula is C25H32N4O5. The summed E-state index contributed by atoms with van der Waals surface area (Å²) in [6.45, 7) is 6.44. The molecule has 2 aromatic carbocycles. The number of anilines is 1. The number of nitro benzene ring substituents is 1. The van der Waals surface area contributed by atoms with Gasteiger partial charge in [-0.2, -0.15) is 0 Å². The molecule has 2 aliphatic rings. The molecule has 0 N–H and O–H groups in total. The summed E-state index contributed by atoms with van der Waals surface area (Å²) in [4.78, 5) is 29.6. The van der Waals surface area contributed by atoms with Gasteiger partial charge in [-0.3, -0.25) is 15.0 Å². The standard InChI is InChI=1S/C25H32N4O5/c1-33-24-17-22(7-8-23(24)29(31)32)27-15-13-26(14-16-27)18-20-9-11-28(12-10-20)25(30)34-19-21-5-3-2-4-6-21/h2-8,17,20H,9-16,18-19H2,1H3. The van der Waals surface area contributed by atoms with E-state index >= 15 is 0 Å². The van der Waals surface area contributed by atoms with Crippen molar-refractivity contribution in [1.82, 2.24) is 9.80 Å². The topological polar surface area (TPSA) is 88.4 Å². The van der Waals surface area contributed by atoms with Crippen LogP contribution < -0.4 is 9.64 Å². The van der Waals surface area contributed by atoms with Crippen molar-refractivity contribution in [2.24, 2.45) is 5.92 Å². The van der Waals surface area contributed by atoms with Crippen molar-refractivity contribution in [1.29, 1.82) is 0 Å². The van der Waals surface area contributed by atoms with Gasteiger partial charge < -0.3 is 19.3 Å². The second kappa shape index (κ2) is 11.2. The Morgan fingerprint density at radius 3 is 2.38 bits per heavy atom. The predicted molar refractivity (Wildman–Crippen MR) is 129 cm³/mol. The lowest BCUT2D eigenvalue weighted by molar-refractivity contribution is -0.385. The third kappa shape index (κ3) is 5.96. The summed E-state index contributed by atoms with van der Waals surface area (Å²) in [7, 11) is 1.46. The van der Waals surface area contributed by atoms with Crippen molar-refractivity contribution in [3.8, 4) is 5.75 Å². The Bertz CT molecular complexity index is 971. The second-order valence-corrected chi connectivity index (χ2v) is 8.87. The van der Waals surface area contributed by atoms with Crippen LogP contribution in [0.4, 0.5) is 16.2 Å². The Balaban J connectivity index is 1.19. The molecular weight excluding hydrogens is 436 g/mol. The van der Waals surface area contributed by atoms with Gasteiger partial charge in [-0.1, -0.05) is 30.3 Å². The van der Waals surface area contributed by atoms with Crippen molar-refractivity contribution >= 4 is 17.5 Å². The summed E-state index contributed by atoms with van der Waals surface area (Å²) in [6.07, 6.45) is 1.75. The van der Waals surface area contributed by atoms with Crippen molar-refractivity contribution in [2.75, 3.05) is 57.8 Å². The minimum absolute atomic E-state index is 0.0137. The maximum absolute atomic E-state index is 12.4. The van der Waals surface area contributed by atoms with Gasteiger partial charge in [0.2, 0.25) is 0 Å². The third-order valence-corrected chi connectivity index (χ3v) is 6.69. The van der Waals surface area contributed by atoms with Crippen LogP contribution in [-0.2, 0) is 11.3 Å². The zero-order valence-electron chi connectivity index (χ0n) is 19.6. The molecule has 2 heterocycles. The van der Waals surface area contributed by atoms with Gasteiger partial charge in [-0.15, -0.1) is 0 Å². The molecule has 0 saturated carbocycles. The minimum atomic E-state index is -0.422. The SMILES string of the molecule is COc1cc(N2CCN(CC3CCN(C(=O)OCc4ccccc4)CC3)CC2)ccc1[N+](=O)[O-]. The van der Waals surface area contributed by atoms with E-state index in [4.69, 9.17) is 9.47 Å². The predicted octanol–water partition coefficient (Wildman–Crippen LogP) is 3.77. The van der Waals surface area contributed by atoms with E-state index < -0.39 is 4.92 Å². The van der Waals surface area contributed by atoms with E-state index in [1.807, 2.05) is 35.2 Å². The van der Waals surface area contributed by atoms with Gasteiger partial charge >= 0.3 is 11.8 Å². The van der Waals surface area contributed by atoms with Crippen LogP contribution in [0.3, 0.4) is 0 Å². The number of hydrogen-bond donors (Lipinski definition) is 0. The molecule has 0 aromatic heterocycles. The molecule has 2 saturated heterocycles. The molecule has 9 heteroatoms. The molecule has 0 radical (unpaired) electrons. The molecule has 182 valence electrons. The number of rotatable bonds is 7. The van der Waals surface area contributed by atoms with E-state index in [1.165, 1.54) is 13.2 Å². The number of likely N-dealkylation sites (tertiary alicyclic amines) is 1. The van der Waals surface area contributed by atoms with Crippen LogP contribution in [0.25, 0.3) is 0 Å². The first-order valence-electron chi connectivity index (χ1n) is 11.8. The van der Waals surface area contributed by atoms with Gasteiger partial charge in [0.25, 0.3) is 0 Å². The number of carbonyl (C=O) groups excluding carboxylic acids is 1. The molecule has 1 amide bonds. The number of nitro groups is 1. The van der Waals surface area contributed by atoms with Crippen LogP contribution in [0, 0.1) is 16.0 Å². The Morgan fingerprint density at radius 1 is 1.03 bits per heavy atom. The summed E-state index contributed by atoms with van der Waals surface area (Å²) < 4.78 is 10.7. The van der Waals surface area contributed by atoms with Crippen LogP contribution in [-0.4, -0.2) is 73.7 Å². The fourth-order valence-electron chi connectivity index (χ4n) is 4.68. The fraction of sp³-hybridized carbons (Fsp3) is 0.480. The van der Waals surface area contributed by atoms with Crippen LogP contribution in [0.15, 0.2) is 48.5 Å². The van der Waals surface area contributed by atoms with Crippen molar-refractivity contribution < 1.29 is 19.2 Å². The Labute approximate surface area is 200 Å². The summed E-state index contributed by atoms with van der Waals surface area (Å²) in [5, 5.41) is 11.1. The van der Waals surface area contributed by atoms with E-state index in [0.29, 0.717) is 18.3 Å². The molecule has 0 atom stereocenters. The maximum atomic E-state index is 12.4. The number of carbonyl (C=O) groups is 1. The van der Waals surface area contributed by atoms with Crippen LogP contribution in [0.5, 0.6) is 5.75 Å². The third-order valence-electron chi connectivity index (χ3n) is 6.69. The first-order valence-corrected chi connectivity index (χ1v) is 11.8. The van der Waals surface area contributed by atoms with E-state index in [9.17, 15) is 14.9 Å². The van der Waals surface area contributed by atoms with Crippen molar-refractivity contribution in [2.45, 2.75) is 19.4 Å². The minimum Gasteiger partial charge on any atom is -0.490 e. The summed E-state index contributed by atoms with van der Waals surface area (Å²) in [6, 6.07) is 14.8. The Hall–Kier alpha value is -3.33. The highest BCUT2D eigenvalue weighted by atomic mass is 16.6. The number of piperidine rings is 1. The van der Waals surface area contributed by atoms with Crippen molar-refractivity contribution in [3.05, 3.63) is 64.2 Å². The fourth-order valence-corrected chi connectivity index (χ4v) is 4.68. The van der Waals surface area contributed by atoms with Gasteiger partial charge in [0.05, 0.1) is 12.0 Å². The highest BCUT2D eigenvalue weighted by molar-refractivity contribution is 5.67. The molecule has 0 spiro atoms. The molecule has 0 unspecified atom stereocenters. The Kier molecular flexibility index (Phi) is 7.84. The van der Waals surface area contributed by atoms with Gasteiger partial charge in [0.15, 0.2) is 5.75 Å². The zero-order chi connectivity index (χ0) is 23.9. The first kappa shape index (κ1) is 23.8. The lowest BCUT2D eigenvalue weighted by atomic mass is 9.96. The van der Waals surface area contributed by atoms with Gasteiger partial charge in [0.1, 0.15) is 6.61 Å². The molecule has 9 nitrogen and oxygen atoms in total. The van der Waals surface area contributed by atoms with E-state index in [-0.39, 0.29) is 11.8 Å². The number of benzene rings is 2. The molecule has 4 rings (SSSR count). The van der Waals surface area contributed by atoms with Crippen LogP contribution in [0.2, 0.25) is 0 Å².